The molecule has 7 heteroatoms. The van der Waals surface area contributed by atoms with Gasteiger partial charge < -0.3 is 4.74 Å². The minimum absolute atomic E-state index is 0.0766. The number of ether oxygens (including phenoxy) is 1. The van der Waals surface area contributed by atoms with Crippen LogP contribution in [0.4, 0.5) is 0 Å². The van der Waals surface area contributed by atoms with Crippen molar-refractivity contribution in [1.29, 1.82) is 0 Å². The van der Waals surface area contributed by atoms with E-state index >= 15 is 0 Å². The molecule has 0 amide bonds. The van der Waals surface area contributed by atoms with Crippen molar-refractivity contribution in [2.45, 2.75) is 64.5 Å². The third-order valence-electron chi connectivity index (χ3n) is 6.65. The van der Waals surface area contributed by atoms with E-state index in [-0.39, 0.29) is 29.2 Å². The number of rotatable bonds is 7. The molecule has 0 fully saturated rings. The molecular weight excluding hydrogens is 478 g/mol. The maximum Gasteiger partial charge on any atom is 0.247 e. The van der Waals surface area contributed by atoms with E-state index in [1.54, 1.807) is 46.8 Å². The highest BCUT2D eigenvalue weighted by Gasteiger charge is 2.34. The smallest absolute Gasteiger partial charge is 0.247 e. The lowest BCUT2D eigenvalue weighted by Gasteiger charge is -2.25. The van der Waals surface area contributed by atoms with Crippen molar-refractivity contribution in [1.82, 2.24) is 4.31 Å². The monoisotopic (exact) mass is 511 g/mol. The number of sulfonamides is 1. The number of Topliss-reactive ketones (excluding diaryl/α,β-unsaturated/α-hetero) is 1. The fraction of sp³-hybridized carbons (Fsp3) is 0.393. The average Bonchev–Trinajstić information content (AvgIpc) is 3.26. The van der Waals surface area contributed by atoms with Crippen LogP contribution in [-0.4, -0.2) is 31.2 Å². The molecule has 3 aromatic rings. The highest BCUT2D eigenvalue weighted by atomic mass is 32.2. The maximum atomic E-state index is 13.6. The molecule has 0 saturated heterocycles. The van der Waals surface area contributed by atoms with Gasteiger partial charge in [-0.05, 0) is 67.1 Å². The molecule has 1 aliphatic rings. The molecule has 5 nitrogen and oxygen atoms in total. The lowest BCUT2D eigenvalue weighted by atomic mass is 9.85. The zero-order valence-corrected chi connectivity index (χ0v) is 22.6. The minimum Gasteiger partial charge on any atom is -0.488 e. The van der Waals surface area contributed by atoms with Crippen LogP contribution < -0.4 is 4.74 Å². The SMILES string of the molecule is CC[C@@H]1CN(Cc2cc([C@@H](c3ccc(C(C)=O)s3)C(C)C)ccc2C)S(=O)(=O)c2ccccc2O1. The normalized spacial score (nSPS) is 18.5. The summed E-state index contributed by atoms with van der Waals surface area (Å²) in [5.41, 5.74) is 3.16. The van der Waals surface area contributed by atoms with Crippen LogP contribution in [0.5, 0.6) is 5.75 Å². The summed E-state index contributed by atoms with van der Waals surface area (Å²) >= 11 is 1.54. The van der Waals surface area contributed by atoms with Gasteiger partial charge in [-0.1, -0.05) is 51.1 Å². The molecule has 0 unspecified atom stereocenters. The van der Waals surface area contributed by atoms with Gasteiger partial charge in [-0.3, -0.25) is 4.79 Å². The first-order valence-corrected chi connectivity index (χ1v) is 14.3. The average molecular weight is 512 g/mol. The maximum absolute atomic E-state index is 13.6. The van der Waals surface area contributed by atoms with E-state index in [9.17, 15) is 13.2 Å². The van der Waals surface area contributed by atoms with Crippen molar-refractivity contribution in [2.24, 2.45) is 5.92 Å². The van der Waals surface area contributed by atoms with Crippen molar-refractivity contribution in [2.75, 3.05) is 6.54 Å². The molecular formula is C28H33NO4S2. The van der Waals surface area contributed by atoms with Crippen LogP contribution in [0.15, 0.2) is 59.5 Å². The van der Waals surface area contributed by atoms with E-state index < -0.39 is 10.0 Å². The molecule has 0 aliphatic carbocycles. The van der Waals surface area contributed by atoms with Gasteiger partial charge in [-0.15, -0.1) is 11.3 Å². The first-order chi connectivity index (χ1) is 16.6. The molecule has 186 valence electrons. The number of carbonyl (C=O) groups is 1. The van der Waals surface area contributed by atoms with Gasteiger partial charge in [0.25, 0.3) is 0 Å². The van der Waals surface area contributed by atoms with E-state index in [0.717, 1.165) is 26.4 Å². The number of hydrogen-bond donors (Lipinski definition) is 0. The summed E-state index contributed by atoms with van der Waals surface area (Å²) < 4.78 is 34.9. The number of ketones is 1. The van der Waals surface area contributed by atoms with Crippen LogP contribution in [0.25, 0.3) is 0 Å². The van der Waals surface area contributed by atoms with E-state index in [1.165, 1.54) is 0 Å². The number of nitrogens with zero attached hydrogens (tertiary/aromatic N) is 1. The standard InChI is InChI=1S/C28H33NO4S2/c1-6-23-17-29(35(31,32)27-10-8-7-9-24(27)33-23)16-22-15-21(12-11-19(22)4)28(18(2)3)26-14-13-25(34-26)20(5)30/h7-15,18,23,28H,6,16-17H2,1-5H3/t23-,28+/m1/s1. The number of hydrogen-bond acceptors (Lipinski definition) is 5. The Morgan fingerprint density at radius 3 is 2.54 bits per heavy atom. The van der Waals surface area contributed by atoms with Crippen molar-refractivity contribution in [3.8, 4) is 5.75 Å². The van der Waals surface area contributed by atoms with Gasteiger partial charge in [0.2, 0.25) is 10.0 Å². The number of para-hydroxylation sites is 1. The molecule has 0 bridgehead atoms. The summed E-state index contributed by atoms with van der Waals surface area (Å²) in [6, 6.07) is 17.2. The van der Waals surface area contributed by atoms with Crippen molar-refractivity contribution in [3.63, 3.8) is 0 Å². The predicted molar refractivity (Wildman–Crippen MR) is 141 cm³/mol. The Hall–Kier alpha value is -2.48. The number of fused-ring (bicyclic) bond motifs is 1. The lowest BCUT2D eigenvalue weighted by molar-refractivity contribution is 0.102. The Morgan fingerprint density at radius 2 is 1.89 bits per heavy atom. The van der Waals surface area contributed by atoms with E-state index in [1.807, 2.05) is 26.0 Å². The third kappa shape index (κ3) is 5.22. The second kappa shape index (κ2) is 10.2. The molecule has 0 radical (unpaired) electrons. The molecule has 4 rings (SSSR count). The first kappa shape index (κ1) is 25.6. The van der Waals surface area contributed by atoms with Gasteiger partial charge in [0.05, 0.1) is 11.4 Å². The quantitative estimate of drug-likeness (QED) is 0.344. The molecule has 2 heterocycles. The summed E-state index contributed by atoms with van der Waals surface area (Å²) in [5.74, 6) is 0.940. The summed E-state index contributed by atoms with van der Waals surface area (Å²) in [5, 5.41) is 0. The van der Waals surface area contributed by atoms with Crippen molar-refractivity contribution >= 4 is 27.1 Å². The van der Waals surface area contributed by atoms with E-state index in [4.69, 9.17) is 4.74 Å². The molecule has 0 saturated carbocycles. The molecule has 0 N–H and O–H groups in total. The summed E-state index contributed by atoms with van der Waals surface area (Å²) in [6.07, 6.45) is 0.502. The van der Waals surface area contributed by atoms with Gasteiger partial charge in [-0.25, -0.2) is 8.42 Å². The molecule has 35 heavy (non-hydrogen) atoms. The Bertz CT molecular complexity index is 1330. The zero-order chi connectivity index (χ0) is 25.3. The molecule has 1 aliphatic heterocycles. The molecule has 2 aromatic carbocycles. The predicted octanol–water partition coefficient (Wildman–Crippen LogP) is 6.41. The number of aryl methyl sites for hydroxylation is 1. The lowest BCUT2D eigenvalue weighted by Crippen LogP contribution is -2.36. The fourth-order valence-electron chi connectivity index (χ4n) is 4.64. The van der Waals surface area contributed by atoms with Crippen LogP contribution in [0.2, 0.25) is 0 Å². The highest BCUT2D eigenvalue weighted by molar-refractivity contribution is 7.89. The van der Waals surface area contributed by atoms with Crippen LogP contribution >= 0.6 is 11.3 Å². The van der Waals surface area contributed by atoms with Gasteiger partial charge in [0.15, 0.2) is 5.78 Å². The molecule has 1 aromatic heterocycles. The number of thiophene rings is 1. The van der Waals surface area contributed by atoms with Crippen LogP contribution in [-0.2, 0) is 16.6 Å². The minimum atomic E-state index is -3.71. The van der Waals surface area contributed by atoms with Gasteiger partial charge in [0, 0.05) is 17.3 Å². The summed E-state index contributed by atoms with van der Waals surface area (Å²) in [7, 11) is -3.71. The van der Waals surface area contributed by atoms with E-state index in [2.05, 4.69) is 32.0 Å². The van der Waals surface area contributed by atoms with Crippen LogP contribution in [0.1, 0.15) is 71.3 Å². The Labute approximate surface area is 212 Å². The Morgan fingerprint density at radius 1 is 1.14 bits per heavy atom. The van der Waals surface area contributed by atoms with Crippen LogP contribution in [0.3, 0.4) is 0 Å². The first-order valence-electron chi connectivity index (χ1n) is 12.1. The largest absolute Gasteiger partial charge is 0.488 e. The fourth-order valence-corrected chi connectivity index (χ4v) is 7.41. The second-order valence-electron chi connectivity index (χ2n) is 9.56. The van der Waals surface area contributed by atoms with Crippen molar-refractivity contribution in [3.05, 3.63) is 81.0 Å². The number of benzene rings is 2. The van der Waals surface area contributed by atoms with Crippen molar-refractivity contribution < 1.29 is 17.9 Å². The highest BCUT2D eigenvalue weighted by Crippen LogP contribution is 2.38. The van der Waals surface area contributed by atoms with Gasteiger partial charge in [0.1, 0.15) is 16.7 Å². The van der Waals surface area contributed by atoms with Gasteiger partial charge >= 0.3 is 0 Å². The Kier molecular flexibility index (Phi) is 7.50. The zero-order valence-electron chi connectivity index (χ0n) is 20.9. The topological polar surface area (TPSA) is 63.7 Å². The van der Waals surface area contributed by atoms with E-state index in [0.29, 0.717) is 24.6 Å². The molecule has 2 atom stereocenters. The Balaban J connectivity index is 1.72. The number of carbonyl (C=O) groups excluding carboxylic acids is 1. The van der Waals surface area contributed by atoms with Crippen LogP contribution in [0, 0.1) is 12.8 Å². The van der Waals surface area contributed by atoms with Gasteiger partial charge in [-0.2, -0.15) is 4.31 Å². The second-order valence-corrected chi connectivity index (χ2v) is 12.6. The third-order valence-corrected chi connectivity index (χ3v) is 9.77. The summed E-state index contributed by atoms with van der Waals surface area (Å²) in [6.45, 7) is 10.6. The molecule has 0 spiro atoms. The summed E-state index contributed by atoms with van der Waals surface area (Å²) in [4.78, 5) is 14.0.